The van der Waals surface area contributed by atoms with Gasteiger partial charge in [0, 0.05) is 11.9 Å². The zero-order chi connectivity index (χ0) is 18.0. The summed E-state index contributed by atoms with van der Waals surface area (Å²) in [6.45, 7) is 0.0178. The van der Waals surface area contributed by atoms with Gasteiger partial charge in [-0.2, -0.15) is 9.38 Å². The molecule has 3 aromatic rings. The van der Waals surface area contributed by atoms with E-state index < -0.39 is 22.6 Å². The van der Waals surface area contributed by atoms with Crippen LogP contribution in [0.15, 0.2) is 35.8 Å². The van der Waals surface area contributed by atoms with E-state index >= 15 is 0 Å². The first-order chi connectivity index (χ1) is 12.0. The number of hydrogen-bond donors (Lipinski definition) is 1. The van der Waals surface area contributed by atoms with Crippen molar-refractivity contribution in [2.24, 2.45) is 0 Å². The summed E-state index contributed by atoms with van der Waals surface area (Å²) in [4.78, 5) is 27.5. The van der Waals surface area contributed by atoms with Crippen LogP contribution in [0.4, 0.5) is 16.0 Å². The predicted molar refractivity (Wildman–Crippen MR) is 89.4 cm³/mol. The normalized spacial score (nSPS) is 12.1. The number of nitrogens with zero attached hydrogens (tertiary/aromatic N) is 3. The molecule has 1 aromatic carbocycles. The number of rotatable bonds is 6. The summed E-state index contributed by atoms with van der Waals surface area (Å²) in [6, 6.07) is 5.41. The SMILES string of the molecule is COC(=O)C(CNc1nc2sccn2c1[N+](=O)[O-])c1ccc(F)cc1. The van der Waals surface area contributed by atoms with Gasteiger partial charge in [-0.3, -0.25) is 4.79 Å². The molecule has 0 aliphatic heterocycles. The van der Waals surface area contributed by atoms with Crippen LogP contribution in [0.25, 0.3) is 4.96 Å². The molecule has 0 bridgehead atoms. The van der Waals surface area contributed by atoms with Gasteiger partial charge in [0.2, 0.25) is 5.82 Å². The Morgan fingerprint density at radius 3 is 2.84 bits per heavy atom. The van der Waals surface area contributed by atoms with E-state index in [4.69, 9.17) is 4.74 Å². The van der Waals surface area contributed by atoms with E-state index in [-0.39, 0.29) is 18.2 Å². The van der Waals surface area contributed by atoms with E-state index in [0.29, 0.717) is 10.5 Å². The van der Waals surface area contributed by atoms with Crippen LogP contribution in [0.3, 0.4) is 0 Å². The van der Waals surface area contributed by atoms with Crippen LogP contribution in [-0.2, 0) is 9.53 Å². The van der Waals surface area contributed by atoms with Gasteiger partial charge in [0.25, 0.3) is 4.96 Å². The second kappa shape index (κ2) is 6.85. The van der Waals surface area contributed by atoms with Crippen LogP contribution < -0.4 is 5.32 Å². The van der Waals surface area contributed by atoms with Gasteiger partial charge in [-0.05, 0) is 22.6 Å². The Labute approximate surface area is 145 Å². The van der Waals surface area contributed by atoms with Gasteiger partial charge >= 0.3 is 11.8 Å². The van der Waals surface area contributed by atoms with Crippen molar-refractivity contribution < 1.29 is 18.8 Å². The third-order valence-electron chi connectivity index (χ3n) is 3.64. The standard InChI is InChI=1S/C15H13FN4O4S/c1-24-14(21)11(9-2-4-10(16)5-3-9)8-17-12-13(20(22)23)19-6-7-25-15(19)18-12/h2-7,11,17H,8H2,1H3. The number of ether oxygens (including phenoxy) is 1. The van der Waals surface area contributed by atoms with E-state index in [1.165, 1.54) is 47.1 Å². The number of carbonyl (C=O) groups excluding carboxylic acids is 1. The zero-order valence-corrected chi connectivity index (χ0v) is 13.8. The third-order valence-corrected chi connectivity index (χ3v) is 4.40. The summed E-state index contributed by atoms with van der Waals surface area (Å²) in [5.74, 6) is -1.87. The average molecular weight is 364 g/mol. The molecule has 0 spiro atoms. The number of halogens is 1. The lowest BCUT2D eigenvalue weighted by Gasteiger charge is -2.15. The Balaban J connectivity index is 1.87. The lowest BCUT2D eigenvalue weighted by molar-refractivity contribution is -0.389. The lowest BCUT2D eigenvalue weighted by atomic mass is 9.99. The van der Waals surface area contributed by atoms with Crippen LogP contribution in [0.1, 0.15) is 11.5 Å². The summed E-state index contributed by atoms with van der Waals surface area (Å²) >= 11 is 1.26. The number of carbonyl (C=O) groups is 1. The molecule has 8 nitrogen and oxygen atoms in total. The number of esters is 1. The Kier molecular flexibility index (Phi) is 4.61. The van der Waals surface area contributed by atoms with E-state index in [2.05, 4.69) is 10.3 Å². The molecular formula is C15H13FN4O4S. The first-order valence-corrected chi connectivity index (χ1v) is 8.06. The molecule has 0 saturated heterocycles. The van der Waals surface area contributed by atoms with Crippen LogP contribution in [0.2, 0.25) is 0 Å². The third kappa shape index (κ3) is 3.29. The number of imidazole rings is 1. The lowest BCUT2D eigenvalue weighted by Crippen LogP contribution is -2.23. The molecule has 1 atom stereocenters. The molecule has 130 valence electrons. The van der Waals surface area contributed by atoms with Gasteiger partial charge in [0.05, 0.1) is 13.0 Å². The summed E-state index contributed by atoms with van der Waals surface area (Å²) in [6.07, 6.45) is 1.55. The summed E-state index contributed by atoms with van der Waals surface area (Å²) in [5.41, 5.74) is 0.532. The van der Waals surface area contributed by atoms with Crippen molar-refractivity contribution in [3.63, 3.8) is 0 Å². The minimum atomic E-state index is -0.759. The minimum Gasteiger partial charge on any atom is -0.468 e. The second-order valence-electron chi connectivity index (χ2n) is 5.10. The zero-order valence-electron chi connectivity index (χ0n) is 13.0. The van der Waals surface area contributed by atoms with Crippen molar-refractivity contribution in [3.8, 4) is 0 Å². The smallest absolute Gasteiger partial charge is 0.372 e. The fourth-order valence-electron chi connectivity index (χ4n) is 2.44. The average Bonchev–Trinajstić information content (AvgIpc) is 3.16. The molecule has 0 saturated carbocycles. The van der Waals surface area contributed by atoms with E-state index in [0.717, 1.165) is 0 Å². The van der Waals surface area contributed by atoms with Gasteiger partial charge in [-0.1, -0.05) is 23.5 Å². The van der Waals surface area contributed by atoms with Crippen LogP contribution >= 0.6 is 11.3 Å². The van der Waals surface area contributed by atoms with Crippen molar-refractivity contribution in [3.05, 3.63) is 57.3 Å². The number of thiazole rings is 1. The molecule has 2 aromatic heterocycles. The molecule has 3 rings (SSSR count). The van der Waals surface area contributed by atoms with Crippen molar-refractivity contribution in [1.29, 1.82) is 0 Å². The van der Waals surface area contributed by atoms with Crippen molar-refractivity contribution in [2.75, 3.05) is 19.0 Å². The Bertz CT molecular complexity index is 921. The molecule has 0 amide bonds. The van der Waals surface area contributed by atoms with E-state index in [1.54, 1.807) is 11.6 Å². The number of nitrogens with one attached hydrogen (secondary N) is 1. The molecule has 0 fully saturated rings. The first kappa shape index (κ1) is 16.8. The maximum Gasteiger partial charge on any atom is 0.372 e. The van der Waals surface area contributed by atoms with Crippen molar-refractivity contribution in [1.82, 2.24) is 9.38 Å². The topological polar surface area (TPSA) is 98.8 Å². The fraction of sp³-hybridized carbons (Fsp3) is 0.200. The maximum atomic E-state index is 13.1. The maximum absolute atomic E-state index is 13.1. The molecule has 10 heteroatoms. The molecular weight excluding hydrogens is 351 g/mol. The number of nitro groups is 1. The number of hydrogen-bond acceptors (Lipinski definition) is 7. The van der Waals surface area contributed by atoms with Gasteiger partial charge in [-0.15, -0.1) is 0 Å². The highest BCUT2D eigenvalue weighted by Crippen LogP contribution is 2.29. The van der Waals surface area contributed by atoms with Gasteiger partial charge < -0.3 is 20.2 Å². The summed E-state index contributed by atoms with van der Waals surface area (Å²) < 4.78 is 19.2. The minimum absolute atomic E-state index is 0.0178. The highest BCUT2D eigenvalue weighted by Gasteiger charge is 2.27. The predicted octanol–water partition coefficient (Wildman–Crippen LogP) is 2.81. The number of aromatic nitrogens is 2. The van der Waals surface area contributed by atoms with Crippen molar-refractivity contribution >= 4 is 33.9 Å². The molecule has 25 heavy (non-hydrogen) atoms. The molecule has 0 aliphatic carbocycles. The molecule has 1 unspecified atom stereocenters. The summed E-state index contributed by atoms with van der Waals surface area (Å²) in [5, 5.41) is 15.8. The Hall–Kier alpha value is -3.01. The number of anilines is 1. The molecule has 0 radical (unpaired) electrons. The molecule has 0 aliphatic rings. The number of methoxy groups -OCH3 is 1. The Morgan fingerprint density at radius 2 is 2.20 bits per heavy atom. The van der Waals surface area contributed by atoms with E-state index in [9.17, 15) is 19.3 Å². The van der Waals surface area contributed by atoms with Crippen LogP contribution in [0.5, 0.6) is 0 Å². The number of benzene rings is 1. The van der Waals surface area contributed by atoms with Gasteiger partial charge in [0.15, 0.2) is 0 Å². The largest absolute Gasteiger partial charge is 0.468 e. The highest BCUT2D eigenvalue weighted by molar-refractivity contribution is 7.15. The first-order valence-electron chi connectivity index (χ1n) is 7.18. The van der Waals surface area contributed by atoms with Gasteiger partial charge in [-0.25, -0.2) is 4.39 Å². The molecule has 1 N–H and O–H groups in total. The monoisotopic (exact) mass is 364 g/mol. The second-order valence-corrected chi connectivity index (χ2v) is 5.98. The van der Waals surface area contributed by atoms with E-state index in [1.807, 2.05) is 0 Å². The molecule has 2 heterocycles. The Morgan fingerprint density at radius 1 is 1.48 bits per heavy atom. The van der Waals surface area contributed by atoms with Gasteiger partial charge in [0.1, 0.15) is 12.0 Å². The number of fused-ring (bicyclic) bond motifs is 1. The van der Waals surface area contributed by atoms with Crippen LogP contribution in [0, 0.1) is 15.9 Å². The fourth-order valence-corrected chi connectivity index (χ4v) is 3.15. The summed E-state index contributed by atoms with van der Waals surface area (Å²) in [7, 11) is 1.24. The quantitative estimate of drug-likeness (QED) is 0.410. The highest BCUT2D eigenvalue weighted by atomic mass is 32.1. The van der Waals surface area contributed by atoms with Crippen LogP contribution in [-0.4, -0.2) is 33.9 Å². The van der Waals surface area contributed by atoms with Crippen molar-refractivity contribution in [2.45, 2.75) is 5.92 Å².